The number of hydrogen-bond acceptors (Lipinski definition) is 3. The van der Waals surface area contributed by atoms with Crippen LogP contribution in [-0.4, -0.2) is 12.1 Å². The van der Waals surface area contributed by atoms with Gasteiger partial charge in [0, 0.05) is 12.2 Å². The quantitative estimate of drug-likeness (QED) is 0.925. The first-order valence-corrected chi connectivity index (χ1v) is 6.31. The molecule has 0 fully saturated rings. The van der Waals surface area contributed by atoms with Crippen molar-refractivity contribution in [2.24, 2.45) is 0 Å². The maximum atomic E-state index is 12.8. The van der Waals surface area contributed by atoms with Crippen LogP contribution in [0, 0.1) is 6.92 Å². The molecular formula is C15H15F3N2O. The molecule has 2 rings (SSSR count). The summed E-state index contributed by atoms with van der Waals surface area (Å²) >= 11 is 0. The highest BCUT2D eigenvalue weighted by molar-refractivity contribution is 5.46. The van der Waals surface area contributed by atoms with Crippen molar-refractivity contribution in [1.29, 1.82) is 0 Å². The number of halogens is 3. The Morgan fingerprint density at radius 3 is 2.43 bits per heavy atom. The first-order chi connectivity index (χ1) is 9.90. The van der Waals surface area contributed by atoms with Crippen molar-refractivity contribution in [1.82, 2.24) is 4.98 Å². The number of nitrogens with one attached hydrogen (secondary N) is 1. The molecule has 0 unspecified atom stereocenters. The second-order valence-corrected chi connectivity index (χ2v) is 4.56. The van der Waals surface area contributed by atoms with Gasteiger partial charge in [-0.3, -0.25) is 4.98 Å². The van der Waals surface area contributed by atoms with Crippen LogP contribution in [0.15, 0.2) is 36.5 Å². The number of alkyl halides is 3. The number of methoxy groups -OCH3 is 1. The van der Waals surface area contributed by atoms with Gasteiger partial charge in [0.25, 0.3) is 0 Å². The van der Waals surface area contributed by atoms with Gasteiger partial charge in [0.05, 0.1) is 24.6 Å². The summed E-state index contributed by atoms with van der Waals surface area (Å²) in [5.41, 5.74) is 0.522. The van der Waals surface area contributed by atoms with E-state index in [-0.39, 0.29) is 5.69 Å². The summed E-state index contributed by atoms with van der Waals surface area (Å²) in [7, 11) is 1.57. The summed E-state index contributed by atoms with van der Waals surface area (Å²) < 4.78 is 43.4. The highest BCUT2D eigenvalue weighted by Crippen LogP contribution is 2.32. The molecule has 1 aromatic heterocycles. The van der Waals surface area contributed by atoms with Crippen molar-refractivity contribution in [2.45, 2.75) is 19.6 Å². The van der Waals surface area contributed by atoms with Gasteiger partial charge in [-0.05, 0) is 30.7 Å². The molecule has 0 atom stereocenters. The lowest BCUT2D eigenvalue weighted by Crippen LogP contribution is -2.10. The van der Waals surface area contributed by atoms with Gasteiger partial charge in [-0.1, -0.05) is 12.1 Å². The molecule has 3 nitrogen and oxygen atoms in total. The normalized spacial score (nSPS) is 11.3. The fraction of sp³-hybridized carbons (Fsp3) is 0.267. The average molecular weight is 296 g/mol. The molecule has 0 aliphatic rings. The van der Waals surface area contributed by atoms with E-state index in [9.17, 15) is 13.2 Å². The third kappa shape index (κ3) is 3.87. The molecule has 0 amide bonds. The predicted octanol–water partition coefficient (Wildman–Crippen LogP) is 4.03. The van der Waals surface area contributed by atoms with Gasteiger partial charge in [0.2, 0.25) is 0 Å². The van der Waals surface area contributed by atoms with Crippen LogP contribution in [0.1, 0.15) is 16.8 Å². The summed E-state index contributed by atoms with van der Waals surface area (Å²) in [5, 5.41) is 2.93. The van der Waals surface area contributed by atoms with E-state index >= 15 is 0 Å². The predicted molar refractivity (Wildman–Crippen MR) is 74.3 cm³/mol. The van der Waals surface area contributed by atoms with Gasteiger partial charge in [0.1, 0.15) is 5.75 Å². The summed E-state index contributed by atoms with van der Waals surface area (Å²) in [6.45, 7) is 1.75. The largest absolute Gasteiger partial charge is 0.497 e. The summed E-state index contributed by atoms with van der Waals surface area (Å²) in [4.78, 5) is 3.78. The Hall–Kier alpha value is -2.24. The smallest absolute Gasteiger partial charge is 0.418 e. The van der Waals surface area contributed by atoms with E-state index in [1.54, 1.807) is 19.2 Å². The molecule has 0 saturated carbocycles. The Morgan fingerprint density at radius 1 is 1.19 bits per heavy atom. The van der Waals surface area contributed by atoms with Crippen molar-refractivity contribution in [3.63, 3.8) is 0 Å². The lowest BCUT2D eigenvalue weighted by molar-refractivity contribution is -0.138. The van der Waals surface area contributed by atoms with Crippen molar-refractivity contribution >= 4 is 5.69 Å². The number of benzene rings is 1. The minimum Gasteiger partial charge on any atom is -0.497 e. The van der Waals surface area contributed by atoms with Crippen LogP contribution in [0.5, 0.6) is 5.75 Å². The highest BCUT2D eigenvalue weighted by Gasteiger charge is 2.33. The van der Waals surface area contributed by atoms with Crippen molar-refractivity contribution < 1.29 is 17.9 Å². The lowest BCUT2D eigenvalue weighted by atomic mass is 10.1. The number of aryl methyl sites for hydroxylation is 1. The van der Waals surface area contributed by atoms with E-state index in [1.807, 2.05) is 12.1 Å². The Kier molecular flexibility index (Phi) is 4.35. The van der Waals surface area contributed by atoms with Crippen molar-refractivity contribution in [3.8, 4) is 5.75 Å². The molecule has 1 N–H and O–H groups in total. The van der Waals surface area contributed by atoms with Crippen molar-refractivity contribution in [2.75, 3.05) is 12.4 Å². The molecule has 1 heterocycles. The van der Waals surface area contributed by atoms with Crippen LogP contribution >= 0.6 is 0 Å². The number of ether oxygens (including phenoxy) is 1. The molecule has 0 aliphatic heterocycles. The Morgan fingerprint density at radius 2 is 1.86 bits per heavy atom. The molecule has 0 saturated heterocycles. The zero-order chi connectivity index (χ0) is 15.5. The molecule has 0 aliphatic carbocycles. The lowest BCUT2D eigenvalue weighted by Gasteiger charge is -2.12. The SMILES string of the molecule is COc1ccc(CNc2cnc(C)c(C(F)(F)F)c2)cc1. The maximum Gasteiger partial charge on any atom is 0.418 e. The minimum absolute atomic E-state index is 0.0301. The van der Waals surface area contributed by atoms with E-state index < -0.39 is 11.7 Å². The first kappa shape index (κ1) is 15.2. The molecule has 21 heavy (non-hydrogen) atoms. The van der Waals surface area contributed by atoms with Crippen LogP contribution in [0.4, 0.5) is 18.9 Å². The van der Waals surface area contributed by atoms with Crippen LogP contribution < -0.4 is 10.1 Å². The summed E-state index contributed by atoms with van der Waals surface area (Å²) in [6, 6.07) is 8.36. The Balaban J connectivity index is 2.09. The second kappa shape index (κ2) is 6.03. The van der Waals surface area contributed by atoms with Crippen LogP contribution in [-0.2, 0) is 12.7 Å². The third-order valence-corrected chi connectivity index (χ3v) is 3.05. The summed E-state index contributed by atoms with van der Waals surface area (Å²) in [6.07, 6.45) is -3.00. The van der Waals surface area contributed by atoms with Gasteiger partial charge in [0.15, 0.2) is 0 Å². The number of hydrogen-bond donors (Lipinski definition) is 1. The molecule has 0 spiro atoms. The van der Waals surface area contributed by atoms with E-state index in [1.165, 1.54) is 13.1 Å². The monoisotopic (exact) mass is 296 g/mol. The van der Waals surface area contributed by atoms with Gasteiger partial charge in [-0.15, -0.1) is 0 Å². The number of anilines is 1. The zero-order valence-electron chi connectivity index (χ0n) is 11.7. The van der Waals surface area contributed by atoms with E-state index in [0.717, 1.165) is 17.4 Å². The van der Waals surface area contributed by atoms with Crippen LogP contribution in [0.3, 0.4) is 0 Å². The standard InChI is InChI=1S/C15H15F3N2O/c1-10-14(15(16,17)18)7-12(9-19-10)20-8-11-3-5-13(21-2)6-4-11/h3-7,9,20H,8H2,1-2H3. The molecule has 6 heteroatoms. The third-order valence-electron chi connectivity index (χ3n) is 3.05. The molecule has 1 aromatic carbocycles. The molecule has 0 bridgehead atoms. The van der Waals surface area contributed by atoms with Gasteiger partial charge in [-0.2, -0.15) is 13.2 Å². The van der Waals surface area contributed by atoms with Gasteiger partial charge >= 0.3 is 6.18 Å². The number of nitrogens with zero attached hydrogens (tertiary/aromatic N) is 1. The number of rotatable bonds is 4. The maximum absolute atomic E-state index is 12.8. The van der Waals surface area contributed by atoms with Gasteiger partial charge in [-0.25, -0.2) is 0 Å². The second-order valence-electron chi connectivity index (χ2n) is 4.56. The topological polar surface area (TPSA) is 34.1 Å². The Labute approximate surface area is 120 Å². The number of pyridine rings is 1. The molecular weight excluding hydrogens is 281 g/mol. The van der Waals surface area contributed by atoms with E-state index in [4.69, 9.17) is 4.74 Å². The van der Waals surface area contributed by atoms with Crippen LogP contribution in [0.25, 0.3) is 0 Å². The minimum atomic E-state index is -4.39. The molecule has 2 aromatic rings. The van der Waals surface area contributed by atoms with E-state index in [0.29, 0.717) is 12.2 Å². The van der Waals surface area contributed by atoms with E-state index in [2.05, 4.69) is 10.3 Å². The van der Waals surface area contributed by atoms with Crippen LogP contribution in [0.2, 0.25) is 0 Å². The first-order valence-electron chi connectivity index (χ1n) is 6.31. The van der Waals surface area contributed by atoms with Gasteiger partial charge < -0.3 is 10.1 Å². The van der Waals surface area contributed by atoms with Crippen molar-refractivity contribution in [3.05, 3.63) is 53.3 Å². The Bertz CT molecular complexity index is 609. The highest BCUT2D eigenvalue weighted by atomic mass is 19.4. The molecule has 112 valence electrons. The zero-order valence-corrected chi connectivity index (χ0v) is 11.7. The number of aromatic nitrogens is 1. The fourth-order valence-corrected chi connectivity index (χ4v) is 1.86. The summed E-state index contributed by atoms with van der Waals surface area (Å²) in [5.74, 6) is 0.732. The fourth-order valence-electron chi connectivity index (χ4n) is 1.86. The average Bonchev–Trinajstić information content (AvgIpc) is 2.45. The molecule has 0 radical (unpaired) electrons.